The van der Waals surface area contributed by atoms with Crippen LogP contribution in [0.25, 0.3) is 0 Å². The molecule has 0 radical (unpaired) electrons. The highest BCUT2D eigenvalue weighted by Crippen LogP contribution is 2.05. The minimum absolute atomic E-state index is 0.120. The first-order valence-electron chi connectivity index (χ1n) is 8.25. The van der Waals surface area contributed by atoms with Crippen LogP contribution in [0.1, 0.15) is 0 Å². The Morgan fingerprint density at radius 1 is 0.462 bits per heavy atom. The maximum absolute atomic E-state index is 9.66. The minimum Gasteiger partial charge on any atom is -0.394 e. The van der Waals surface area contributed by atoms with Gasteiger partial charge in [0.2, 0.25) is 0 Å². The number of aliphatic hydroxyl groups is 10. The van der Waals surface area contributed by atoms with Crippen LogP contribution in [0.2, 0.25) is 0 Å². The van der Waals surface area contributed by atoms with Crippen molar-refractivity contribution in [3.8, 4) is 0 Å². The molecule has 12 N–H and O–H groups in total. The second-order valence-electron chi connectivity index (χ2n) is 6.01. The van der Waals surface area contributed by atoms with Crippen LogP contribution >= 0.6 is 0 Å². The fraction of sp³-hybridized carbons (Fsp3) is 1.00. The molecule has 0 aromatic rings. The van der Waals surface area contributed by atoms with E-state index in [0.717, 1.165) is 0 Å². The second-order valence-corrected chi connectivity index (χ2v) is 6.01. The van der Waals surface area contributed by atoms with Crippen molar-refractivity contribution in [2.45, 2.75) is 48.8 Å². The molecule has 0 bridgehead atoms. The summed E-state index contributed by atoms with van der Waals surface area (Å²) in [4.78, 5) is 0. The van der Waals surface area contributed by atoms with Crippen molar-refractivity contribution in [2.24, 2.45) is 0 Å². The molecule has 0 aliphatic carbocycles. The largest absolute Gasteiger partial charge is 0.394 e. The highest BCUT2D eigenvalue weighted by Gasteiger charge is 2.30. The molecule has 0 saturated heterocycles. The molecule has 0 amide bonds. The first-order valence-corrected chi connectivity index (χ1v) is 8.25. The molecule has 12 nitrogen and oxygen atoms in total. The van der Waals surface area contributed by atoms with Crippen LogP contribution < -0.4 is 10.6 Å². The molecule has 0 aromatic carbocycles. The van der Waals surface area contributed by atoms with E-state index in [9.17, 15) is 40.9 Å². The summed E-state index contributed by atoms with van der Waals surface area (Å²) in [5.74, 6) is 0. The molecule has 0 heterocycles. The van der Waals surface area contributed by atoms with Crippen molar-refractivity contribution in [1.82, 2.24) is 10.6 Å². The molecule has 8 atom stereocenters. The minimum atomic E-state index is -1.70. The summed E-state index contributed by atoms with van der Waals surface area (Å²) in [5.41, 5.74) is 0. The molecular weight excluding hydrogens is 356 g/mol. The fourth-order valence-electron chi connectivity index (χ4n) is 2.04. The van der Waals surface area contributed by atoms with Gasteiger partial charge in [-0.2, -0.15) is 0 Å². The Hall–Kier alpha value is -0.480. The van der Waals surface area contributed by atoms with Crippen LogP contribution in [0, 0.1) is 0 Å². The third-order valence-corrected chi connectivity index (χ3v) is 3.84. The van der Waals surface area contributed by atoms with Crippen LogP contribution in [-0.2, 0) is 0 Å². The lowest BCUT2D eigenvalue weighted by atomic mass is 10.0. The van der Waals surface area contributed by atoms with Crippen LogP contribution in [0.5, 0.6) is 0 Å². The monoisotopic (exact) mass is 388 g/mol. The van der Waals surface area contributed by atoms with Gasteiger partial charge < -0.3 is 61.7 Å². The molecule has 0 aromatic heterocycles. The lowest BCUT2D eigenvalue weighted by molar-refractivity contribution is -0.114. The Bertz CT molecular complexity index is 322. The van der Waals surface area contributed by atoms with E-state index in [1.165, 1.54) is 0 Å². The second kappa shape index (κ2) is 13.7. The average Bonchev–Trinajstić information content (AvgIpc) is 2.66. The highest BCUT2D eigenvalue weighted by molar-refractivity contribution is 4.83. The summed E-state index contributed by atoms with van der Waals surface area (Å²) in [7, 11) is 0. The number of nitrogens with one attached hydrogen (secondary N) is 2. The molecule has 0 fully saturated rings. The summed E-state index contributed by atoms with van der Waals surface area (Å²) in [6.07, 6.45) is -12.7. The lowest BCUT2D eigenvalue weighted by Crippen LogP contribution is -2.50. The quantitative estimate of drug-likeness (QED) is 0.117. The topological polar surface area (TPSA) is 226 Å². The first-order chi connectivity index (χ1) is 12.2. The Labute approximate surface area is 151 Å². The summed E-state index contributed by atoms with van der Waals surface area (Å²) in [6.45, 7) is -1.23. The van der Waals surface area contributed by atoms with E-state index in [4.69, 9.17) is 10.2 Å². The van der Waals surface area contributed by atoms with Crippen LogP contribution in [-0.4, -0.2) is 139 Å². The van der Waals surface area contributed by atoms with Gasteiger partial charge in [-0.25, -0.2) is 0 Å². The van der Waals surface area contributed by atoms with Crippen molar-refractivity contribution in [2.75, 3.05) is 39.4 Å². The molecule has 12 heteroatoms. The van der Waals surface area contributed by atoms with Crippen molar-refractivity contribution >= 4 is 0 Å². The van der Waals surface area contributed by atoms with Gasteiger partial charge in [-0.1, -0.05) is 0 Å². The van der Waals surface area contributed by atoms with Crippen LogP contribution in [0.4, 0.5) is 0 Å². The Morgan fingerprint density at radius 3 is 1.00 bits per heavy atom. The van der Waals surface area contributed by atoms with Crippen molar-refractivity contribution in [1.29, 1.82) is 0 Å². The lowest BCUT2D eigenvalue weighted by Gasteiger charge is -2.26. The maximum atomic E-state index is 9.66. The smallest absolute Gasteiger partial charge is 0.111 e. The molecule has 0 unspecified atom stereocenters. The predicted octanol–water partition coefficient (Wildman–Crippen LogP) is -6.96. The van der Waals surface area contributed by atoms with Gasteiger partial charge in [0.25, 0.3) is 0 Å². The summed E-state index contributed by atoms with van der Waals surface area (Å²) >= 11 is 0. The Kier molecular flexibility index (Phi) is 13.4. The number of hydrogen-bond acceptors (Lipinski definition) is 12. The van der Waals surface area contributed by atoms with Gasteiger partial charge in [0, 0.05) is 26.2 Å². The highest BCUT2D eigenvalue weighted by atomic mass is 16.4. The summed E-state index contributed by atoms with van der Waals surface area (Å²) in [6, 6.07) is 0. The summed E-state index contributed by atoms with van der Waals surface area (Å²) < 4.78 is 0. The van der Waals surface area contributed by atoms with Crippen LogP contribution in [0.3, 0.4) is 0 Å². The molecule has 0 spiro atoms. The van der Waals surface area contributed by atoms with Crippen LogP contribution in [0.15, 0.2) is 0 Å². The SMILES string of the molecule is OC[C@@H](O)[C@@H](O)[C@H](O)[C@@H](O)CNCCNC[C@H](O)[C@@H](O)[C@H](O)[C@H](O)CO. The van der Waals surface area contributed by atoms with Crippen molar-refractivity contribution < 1.29 is 51.1 Å². The number of rotatable bonds is 15. The molecule has 0 rings (SSSR count). The van der Waals surface area contributed by atoms with E-state index < -0.39 is 62.0 Å². The predicted molar refractivity (Wildman–Crippen MR) is 88.0 cm³/mol. The van der Waals surface area contributed by atoms with Gasteiger partial charge in [-0.05, 0) is 0 Å². The van der Waals surface area contributed by atoms with Gasteiger partial charge in [0.05, 0.1) is 25.4 Å². The third kappa shape index (κ3) is 8.94. The average molecular weight is 388 g/mol. The number of aliphatic hydroxyl groups excluding tert-OH is 10. The van der Waals surface area contributed by atoms with E-state index in [0.29, 0.717) is 0 Å². The van der Waals surface area contributed by atoms with E-state index in [-0.39, 0.29) is 26.2 Å². The Balaban J connectivity index is 3.93. The number of hydrogen-bond donors (Lipinski definition) is 12. The van der Waals surface area contributed by atoms with Crippen molar-refractivity contribution in [3.63, 3.8) is 0 Å². The molecule has 0 aliphatic heterocycles. The fourth-order valence-corrected chi connectivity index (χ4v) is 2.04. The van der Waals surface area contributed by atoms with E-state index in [1.54, 1.807) is 0 Å². The Morgan fingerprint density at radius 2 is 0.731 bits per heavy atom. The van der Waals surface area contributed by atoms with Gasteiger partial charge in [0.1, 0.15) is 36.6 Å². The third-order valence-electron chi connectivity index (χ3n) is 3.84. The van der Waals surface area contributed by atoms with Gasteiger partial charge in [-0.15, -0.1) is 0 Å². The maximum Gasteiger partial charge on any atom is 0.111 e. The molecule has 0 saturated carbocycles. The molecule has 158 valence electrons. The van der Waals surface area contributed by atoms with Gasteiger partial charge in [0.15, 0.2) is 0 Å². The first kappa shape index (κ1) is 25.5. The van der Waals surface area contributed by atoms with Crippen molar-refractivity contribution in [3.05, 3.63) is 0 Å². The molecule has 26 heavy (non-hydrogen) atoms. The van der Waals surface area contributed by atoms with E-state index >= 15 is 0 Å². The van der Waals surface area contributed by atoms with E-state index in [1.807, 2.05) is 0 Å². The normalized spacial score (nSPS) is 21.5. The molecular formula is C14H32N2O10. The zero-order chi connectivity index (χ0) is 20.3. The van der Waals surface area contributed by atoms with Gasteiger partial charge >= 0.3 is 0 Å². The van der Waals surface area contributed by atoms with E-state index in [2.05, 4.69) is 10.6 Å². The summed E-state index contributed by atoms with van der Waals surface area (Å²) in [5, 5.41) is 98.6. The standard InChI is InChI=1S/C14H32N2O10/c17-5-9(21)13(25)11(23)7(19)3-15-1-2-16-4-8(20)12(24)14(26)10(22)6-18/h7-26H,1-6H2/t7-,8-,9+,10+,11+,12+,13+,14+/m0/s1. The zero-order valence-corrected chi connectivity index (χ0v) is 14.3. The van der Waals surface area contributed by atoms with Gasteiger partial charge in [-0.3, -0.25) is 0 Å². The zero-order valence-electron chi connectivity index (χ0n) is 14.3. The molecule has 0 aliphatic rings.